The normalized spacial score (nSPS) is 10.3. The van der Waals surface area contributed by atoms with E-state index < -0.39 is 4.92 Å². The zero-order chi connectivity index (χ0) is 15.1. The average molecular weight is 281 g/mol. The van der Waals surface area contributed by atoms with Crippen LogP contribution >= 0.6 is 0 Å². The van der Waals surface area contributed by atoms with Gasteiger partial charge in [0.1, 0.15) is 5.69 Å². The Balaban J connectivity index is 2.67. The van der Waals surface area contributed by atoms with Gasteiger partial charge in [-0.15, -0.1) is 0 Å². The van der Waals surface area contributed by atoms with Gasteiger partial charge in [0, 0.05) is 31.8 Å². The molecule has 1 aromatic rings. The predicted octanol–water partition coefficient (Wildman–Crippen LogP) is 1.41. The molecule has 0 fully saturated rings. The molecule has 7 heteroatoms. The van der Waals surface area contributed by atoms with Gasteiger partial charge in [0.25, 0.3) is 11.6 Å². The summed E-state index contributed by atoms with van der Waals surface area (Å²) in [6.45, 7) is 0.715. The molecule has 7 nitrogen and oxygen atoms in total. The van der Waals surface area contributed by atoms with E-state index >= 15 is 0 Å². The lowest BCUT2D eigenvalue weighted by molar-refractivity contribution is -0.383. The van der Waals surface area contributed by atoms with E-state index in [4.69, 9.17) is 10.8 Å². The lowest BCUT2D eigenvalue weighted by atomic mass is 10.1. The molecule has 0 unspecified atom stereocenters. The second kappa shape index (κ2) is 7.44. The molecule has 0 saturated heterocycles. The van der Waals surface area contributed by atoms with Crippen molar-refractivity contribution >= 4 is 17.3 Å². The molecule has 110 valence electrons. The second-order valence-electron chi connectivity index (χ2n) is 4.54. The molecule has 0 radical (unpaired) electrons. The molecule has 0 spiro atoms. The standard InChI is InChI=1S/C13H19N3O4/c1-15(7-3-2-4-8-17)13(18)10-5-6-12(16(19)20)11(14)9-10/h5-6,9,17H,2-4,7-8,14H2,1H3. The van der Waals surface area contributed by atoms with Crippen LogP contribution in [0.1, 0.15) is 29.6 Å². The number of nitrogens with two attached hydrogens (primary N) is 1. The number of rotatable bonds is 7. The predicted molar refractivity (Wildman–Crippen MR) is 75.4 cm³/mol. The van der Waals surface area contributed by atoms with Crippen LogP contribution in [0.15, 0.2) is 18.2 Å². The van der Waals surface area contributed by atoms with E-state index in [0.717, 1.165) is 12.8 Å². The zero-order valence-electron chi connectivity index (χ0n) is 11.4. The van der Waals surface area contributed by atoms with Crippen molar-refractivity contribution in [2.24, 2.45) is 0 Å². The topological polar surface area (TPSA) is 110 Å². The van der Waals surface area contributed by atoms with E-state index in [2.05, 4.69) is 0 Å². The largest absolute Gasteiger partial charge is 0.396 e. The third kappa shape index (κ3) is 4.20. The molecule has 0 saturated carbocycles. The highest BCUT2D eigenvalue weighted by atomic mass is 16.6. The first-order valence-corrected chi connectivity index (χ1v) is 6.37. The Kier molecular flexibility index (Phi) is 5.92. The molecule has 3 N–H and O–H groups in total. The third-order valence-electron chi connectivity index (χ3n) is 2.97. The van der Waals surface area contributed by atoms with Crippen molar-refractivity contribution < 1.29 is 14.8 Å². The maximum absolute atomic E-state index is 12.1. The molecule has 0 atom stereocenters. The van der Waals surface area contributed by atoms with Gasteiger partial charge in [-0.2, -0.15) is 0 Å². The highest BCUT2D eigenvalue weighted by molar-refractivity contribution is 5.95. The van der Waals surface area contributed by atoms with Crippen LogP contribution < -0.4 is 5.73 Å². The minimum atomic E-state index is -0.581. The molecule has 1 amide bonds. The number of hydrogen-bond acceptors (Lipinski definition) is 5. The Hall–Kier alpha value is -2.15. The lowest BCUT2D eigenvalue weighted by Crippen LogP contribution is -2.27. The van der Waals surface area contributed by atoms with Crippen molar-refractivity contribution in [2.75, 3.05) is 25.9 Å². The number of aliphatic hydroxyl groups is 1. The van der Waals surface area contributed by atoms with Crippen molar-refractivity contribution in [3.05, 3.63) is 33.9 Å². The smallest absolute Gasteiger partial charge is 0.292 e. The van der Waals surface area contributed by atoms with Crippen LogP contribution in [-0.2, 0) is 0 Å². The van der Waals surface area contributed by atoms with Crippen LogP contribution in [0.25, 0.3) is 0 Å². The van der Waals surface area contributed by atoms with Gasteiger partial charge < -0.3 is 15.7 Å². The number of nitro benzene ring substituents is 1. The van der Waals surface area contributed by atoms with Gasteiger partial charge in [-0.3, -0.25) is 14.9 Å². The summed E-state index contributed by atoms with van der Waals surface area (Å²) in [6, 6.07) is 3.97. The zero-order valence-corrected chi connectivity index (χ0v) is 11.4. The number of benzene rings is 1. The van der Waals surface area contributed by atoms with Gasteiger partial charge in [0.2, 0.25) is 0 Å². The van der Waals surface area contributed by atoms with Crippen molar-refractivity contribution in [2.45, 2.75) is 19.3 Å². The van der Waals surface area contributed by atoms with Crippen molar-refractivity contribution in [3.8, 4) is 0 Å². The van der Waals surface area contributed by atoms with Gasteiger partial charge in [-0.05, 0) is 31.4 Å². The van der Waals surface area contributed by atoms with Gasteiger partial charge in [0.15, 0.2) is 0 Å². The first-order valence-electron chi connectivity index (χ1n) is 6.37. The Bertz CT molecular complexity index is 491. The number of amides is 1. The van der Waals surface area contributed by atoms with E-state index in [1.54, 1.807) is 7.05 Å². The fourth-order valence-corrected chi connectivity index (χ4v) is 1.81. The summed E-state index contributed by atoms with van der Waals surface area (Å²) < 4.78 is 0. The number of nitro groups is 1. The van der Waals surface area contributed by atoms with Crippen LogP contribution in [-0.4, -0.2) is 41.0 Å². The summed E-state index contributed by atoms with van der Waals surface area (Å²) in [5, 5.41) is 19.3. The number of hydrogen-bond donors (Lipinski definition) is 2. The van der Waals surface area contributed by atoms with Crippen LogP contribution in [0.4, 0.5) is 11.4 Å². The van der Waals surface area contributed by atoms with E-state index in [1.165, 1.54) is 23.1 Å². The maximum Gasteiger partial charge on any atom is 0.292 e. The number of carbonyl (C=O) groups is 1. The molecule has 0 aliphatic rings. The molecular formula is C13H19N3O4. The Morgan fingerprint density at radius 3 is 2.65 bits per heavy atom. The van der Waals surface area contributed by atoms with Crippen LogP contribution in [0.2, 0.25) is 0 Å². The van der Waals surface area contributed by atoms with Crippen LogP contribution in [0.3, 0.4) is 0 Å². The summed E-state index contributed by atoms with van der Waals surface area (Å²) >= 11 is 0. The Labute approximate surface area is 117 Å². The van der Waals surface area contributed by atoms with Crippen molar-refractivity contribution in [1.82, 2.24) is 4.90 Å². The molecular weight excluding hydrogens is 262 g/mol. The van der Waals surface area contributed by atoms with E-state index in [1.807, 2.05) is 0 Å². The fraction of sp³-hybridized carbons (Fsp3) is 0.462. The summed E-state index contributed by atoms with van der Waals surface area (Å²) in [5.41, 5.74) is 5.67. The monoisotopic (exact) mass is 281 g/mol. The summed E-state index contributed by atoms with van der Waals surface area (Å²) in [6.07, 6.45) is 2.36. The van der Waals surface area contributed by atoms with E-state index in [9.17, 15) is 14.9 Å². The number of aliphatic hydroxyl groups excluding tert-OH is 1. The lowest BCUT2D eigenvalue weighted by Gasteiger charge is -2.17. The number of unbranched alkanes of at least 4 members (excludes halogenated alkanes) is 2. The second-order valence-corrected chi connectivity index (χ2v) is 4.54. The minimum absolute atomic E-state index is 0.0190. The number of nitrogens with zero attached hydrogens (tertiary/aromatic N) is 2. The number of anilines is 1. The molecule has 0 aliphatic heterocycles. The van der Waals surface area contributed by atoms with Crippen molar-refractivity contribution in [1.29, 1.82) is 0 Å². The van der Waals surface area contributed by atoms with Gasteiger partial charge in [0.05, 0.1) is 4.92 Å². The molecule has 0 heterocycles. The average Bonchev–Trinajstić information content (AvgIpc) is 2.42. The van der Waals surface area contributed by atoms with Gasteiger partial charge >= 0.3 is 0 Å². The quantitative estimate of drug-likeness (QED) is 0.340. The molecule has 1 rings (SSSR count). The van der Waals surface area contributed by atoms with E-state index in [-0.39, 0.29) is 23.9 Å². The Morgan fingerprint density at radius 1 is 1.40 bits per heavy atom. The molecule has 0 bridgehead atoms. The molecule has 0 aliphatic carbocycles. The van der Waals surface area contributed by atoms with Crippen molar-refractivity contribution in [3.63, 3.8) is 0 Å². The highest BCUT2D eigenvalue weighted by Crippen LogP contribution is 2.22. The third-order valence-corrected chi connectivity index (χ3v) is 2.97. The number of carbonyl (C=O) groups excluding carboxylic acids is 1. The molecule has 20 heavy (non-hydrogen) atoms. The van der Waals surface area contributed by atoms with Crippen LogP contribution in [0, 0.1) is 10.1 Å². The van der Waals surface area contributed by atoms with Gasteiger partial charge in [-0.25, -0.2) is 0 Å². The van der Waals surface area contributed by atoms with Crippen LogP contribution in [0.5, 0.6) is 0 Å². The highest BCUT2D eigenvalue weighted by Gasteiger charge is 2.16. The summed E-state index contributed by atoms with van der Waals surface area (Å²) in [4.78, 5) is 23.7. The first-order chi connectivity index (χ1) is 9.47. The fourth-order valence-electron chi connectivity index (χ4n) is 1.81. The molecule has 0 aromatic heterocycles. The SMILES string of the molecule is CN(CCCCCO)C(=O)c1ccc([N+](=O)[O-])c(N)c1. The summed E-state index contributed by atoms with van der Waals surface area (Å²) in [7, 11) is 1.67. The number of nitrogen functional groups attached to an aromatic ring is 1. The first kappa shape index (κ1) is 15.9. The van der Waals surface area contributed by atoms with E-state index in [0.29, 0.717) is 18.5 Å². The Morgan fingerprint density at radius 2 is 2.10 bits per heavy atom. The maximum atomic E-state index is 12.1. The van der Waals surface area contributed by atoms with Gasteiger partial charge in [-0.1, -0.05) is 0 Å². The summed E-state index contributed by atoms with van der Waals surface area (Å²) in [5.74, 6) is -0.226. The minimum Gasteiger partial charge on any atom is -0.396 e. The molecule has 1 aromatic carbocycles.